The van der Waals surface area contributed by atoms with Crippen LogP contribution >= 0.6 is 0 Å². The van der Waals surface area contributed by atoms with Crippen molar-refractivity contribution in [2.24, 2.45) is 11.8 Å². The van der Waals surface area contributed by atoms with Crippen molar-refractivity contribution >= 4 is 27.0 Å². The van der Waals surface area contributed by atoms with E-state index in [9.17, 15) is 27.1 Å². The van der Waals surface area contributed by atoms with Gasteiger partial charge in [-0.05, 0) is 62.4 Å². The monoisotopic (exact) mass is 512 g/mol. The number of imidazole rings is 1. The fraction of sp³-hybridized carbons (Fsp3) is 0.667. The van der Waals surface area contributed by atoms with E-state index in [0.717, 1.165) is 11.3 Å². The van der Waals surface area contributed by atoms with E-state index >= 15 is 0 Å². The molecule has 1 aliphatic heterocycles. The molecule has 2 aromatic rings. The van der Waals surface area contributed by atoms with Gasteiger partial charge in [-0.1, -0.05) is 20.8 Å². The highest BCUT2D eigenvalue weighted by Crippen LogP contribution is 2.38. The van der Waals surface area contributed by atoms with Gasteiger partial charge in [0.2, 0.25) is 5.92 Å². The van der Waals surface area contributed by atoms with Gasteiger partial charge in [0.05, 0.1) is 15.9 Å². The molecule has 4 rings (SSSR count). The number of aromatic nitrogens is 2. The van der Waals surface area contributed by atoms with Crippen molar-refractivity contribution in [3.05, 3.63) is 24.0 Å². The highest BCUT2D eigenvalue weighted by Gasteiger charge is 2.37. The third kappa shape index (κ3) is 5.61. The highest BCUT2D eigenvalue weighted by atomic mass is 32.2. The Balaban J connectivity index is 1.68. The van der Waals surface area contributed by atoms with E-state index < -0.39 is 27.2 Å². The van der Waals surface area contributed by atoms with Gasteiger partial charge in [-0.25, -0.2) is 27.0 Å². The van der Waals surface area contributed by atoms with Crippen LogP contribution in [0.2, 0.25) is 0 Å². The molecule has 35 heavy (non-hydrogen) atoms. The Hall–Kier alpha value is -2.27. The van der Waals surface area contributed by atoms with Gasteiger partial charge < -0.3 is 20.3 Å². The van der Waals surface area contributed by atoms with Gasteiger partial charge in [-0.3, -0.25) is 0 Å². The standard InChI is InChI=1S/C24H34F2N4O4S/c1-23(2,3)21-28-18-11-17(35(33,34)20(29-22(31)32)10-16-12-27-13-16)4-5-19(18)30(21)14-15-6-8-24(25,26)9-7-15/h4-5,11,15-16,20,27,29H,6-10,12-14H2,1-3H3,(H,31,32). The number of nitrogens with zero attached hydrogens (tertiary/aromatic N) is 2. The first-order valence-corrected chi connectivity index (χ1v) is 13.6. The normalized spacial score (nSPS) is 20.5. The van der Waals surface area contributed by atoms with Crippen LogP contribution < -0.4 is 10.6 Å². The maximum atomic E-state index is 13.7. The summed E-state index contributed by atoms with van der Waals surface area (Å²) in [7, 11) is -3.99. The molecule has 0 spiro atoms. The van der Waals surface area contributed by atoms with Crippen LogP contribution in [-0.4, -0.2) is 53.6 Å². The first-order chi connectivity index (χ1) is 16.3. The summed E-state index contributed by atoms with van der Waals surface area (Å²) in [5, 5.41) is 13.2. The topological polar surface area (TPSA) is 113 Å². The minimum atomic E-state index is -3.99. The van der Waals surface area contributed by atoms with E-state index in [1.165, 1.54) is 12.1 Å². The average molecular weight is 513 g/mol. The van der Waals surface area contributed by atoms with Gasteiger partial charge >= 0.3 is 6.09 Å². The molecular formula is C24H34F2N4O4S. The number of carbonyl (C=O) groups is 1. The molecule has 1 aromatic carbocycles. The molecule has 1 amide bonds. The molecule has 1 saturated carbocycles. The van der Waals surface area contributed by atoms with E-state index in [1.807, 2.05) is 25.3 Å². The maximum absolute atomic E-state index is 13.7. The second-order valence-corrected chi connectivity index (χ2v) is 13.1. The van der Waals surface area contributed by atoms with Gasteiger partial charge in [0, 0.05) is 24.8 Å². The van der Waals surface area contributed by atoms with Crippen molar-refractivity contribution in [2.75, 3.05) is 13.1 Å². The van der Waals surface area contributed by atoms with Crippen molar-refractivity contribution < 1.29 is 27.1 Å². The molecule has 2 aliphatic rings. The number of amides is 1. The molecule has 11 heteroatoms. The number of carboxylic acid groups (broad SMARTS) is 1. The quantitative estimate of drug-likeness (QED) is 0.514. The van der Waals surface area contributed by atoms with Crippen LogP contribution in [0.1, 0.15) is 58.7 Å². The second kappa shape index (κ2) is 9.31. The number of benzene rings is 1. The largest absolute Gasteiger partial charge is 0.465 e. The van der Waals surface area contributed by atoms with Gasteiger partial charge in [-0.2, -0.15) is 0 Å². The number of fused-ring (bicyclic) bond motifs is 1. The average Bonchev–Trinajstić information content (AvgIpc) is 3.09. The Morgan fingerprint density at radius 2 is 1.91 bits per heavy atom. The molecule has 1 aliphatic carbocycles. The van der Waals surface area contributed by atoms with Gasteiger partial charge in [-0.15, -0.1) is 0 Å². The van der Waals surface area contributed by atoms with E-state index in [-0.39, 0.29) is 41.4 Å². The Morgan fingerprint density at radius 3 is 2.46 bits per heavy atom. The lowest BCUT2D eigenvalue weighted by Gasteiger charge is -2.30. The fourth-order valence-corrected chi connectivity index (χ4v) is 6.61. The molecule has 2 heterocycles. The van der Waals surface area contributed by atoms with Crippen LogP contribution in [0.4, 0.5) is 13.6 Å². The molecule has 8 nitrogen and oxygen atoms in total. The van der Waals surface area contributed by atoms with Crippen molar-refractivity contribution in [3.8, 4) is 0 Å². The molecule has 0 radical (unpaired) electrons. The molecule has 1 atom stereocenters. The van der Waals surface area contributed by atoms with Gasteiger partial charge in [0.1, 0.15) is 11.2 Å². The fourth-order valence-electron chi connectivity index (χ4n) is 4.97. The number of nitrogens with one attached hydrogen (secondary N) is 2. The summed E-state index contributed by atoms with van der Waals surface area (Å²) >= 11 is 0. The van der Waals surface area contributed by atoms with Crippen LogP contribution in [0.25, 0.3) is 11.0 Å². The van der Waals surface area contributed by atoms with Crippen LogP contribution in [0.5, 0.6) is 0 Å². The van der Waals surface area contributed by atoms with E-state index in [1.54, 1.807) is 6.07 Å². The highest BCUT2D eigenvalue weighted by molar-refractivity contribution is 7.92. The van der Waals surface area contributed by atoms with Crippen LogP contribution in [-0.2, 0) is 21.8 Å². The minimum Gasteiger partial charge on any atom is -0.465 e. The van der Waals surface area contributed by atoms with Crippen LogP contribution in [0.15, 0.2) is 23.1 Å². The van der Waals surface area contributed by atoms with Crippen molar-refractivity contribution in [2.45, 2.75) is 81.0 Å². The van der Waals surface area contributed by atoms with Crippen LogP contribution in [0.3, 0.4) is 0 Å². The number of halogens is 2. The summed E-state index contributed by atoms with van der Waals surface area (Å²) in [6.07, 6.45) is -0.571. The van der Waals surface area contributed by atoms with Crippen LogP contribution in [0, 0.1) is 11.8 Å². The first-order valence-electron chi connectivity index (χ1n) is 12.1. The lowest BCUT2D eigenvalue weighted by atomic mass is 9.86. The van der Waals surface area contributed by atoms with Crippen molar-refractivity contribution in [3.63, 3.8) is 0 Å². The summed E-state index contributed by atoms with van der Waals surface area (Å²) in [6.45, 7) is 7.88. The SMILES string of the molecule is CC(C)(C)c1nc2cc(S(=O)(=O)C(CC3CNC3)NC(=O)O)ccc2n1CC1CCC(F)(F)CC1. The predicted octanol–water partition coefficient (Wildman–Crippen LogP) is 4.14. The molecular weight excluding hydrogens is 478 g/mol. The molecule has 2 fully saturated rings. The van der Waals surface area contributed by atoms with E-state index in [2.05, 4.69) is 10.6 Å². The zero-order valence-corrected chi connectivity index (χ0v) is 21.2. The Morgan fingerprint density at radius 1 is 1.26 bits per heavy atom. The molecule has 194 valence electrons. The Labute approximate surface area is 204 Å². The van der Waals surface area contributed by atoms with E-state index in [4.69, 9.17) is 4.98 Å². The summed E-state index contributed by atoms with van der Waals surface area (Å²) < 4.78 is 56.2. The third-order valence-corrected chi connectivity index (χ3v) is 9.04. The molecule has 0 bridgehead atoms. The van der Waals surface area contributed by atoms with E-state index in [0.29, 0.717) is 38.0 Å². The van der Waals surface area contributed by atoms with Crippen molar-refractivity contribution in [1.29, 1.82) is 0 Å². The molecule has 1 aromatic heterocycles. The summed E-state index contributed by atoms with van der Waals surface area (Å²) in [6, 6.07) is 4.69. The number of alkyl halides is 2. The zero-order chi connectivity index (χ0) is 25.6. The summed E-state index contributed by atoms with van der Waals surface area (Å²) in [5.74, 6) is -1.66. The van der Waals surface area contributed by atoms with Crippen molar-refractivity contribution in [1.82, 2.24) is 20.2 Å². The summed E-state index contributed by atoms with van der Waals surface area (Å²) in [5.41, 5.74) is 0.898. The Kier molecular flexibility index (Phi) is 6.87. The minimum absolute atomic E-state index is 0.0125. The smallest absolute Gasteiger partial charge is 0.405 e. The molecule has 1 unspecified atom stereocenters. The maximum Gasteiger partial charge on any atom is 0.405 e. The molecule has 3 N–H and O–H groups in total. The summed E-state index contributed by atoms with van der Waals surface area (Å²) in [4.78, 5) is 16.1. The number of hydrogen-bond donors (Lipinski definition) is 3. The first kappa shape index (κ1) is 25.8. The zero-order valence-electron chi connectivity index (χ0n) is 20.4. The number of hydrogen-bond acceptors (Lipinski definition) is 5. The second-order valence-electron chi connectivity index (χ2n) is 11.0. The van der Waals surface area contributed by atoms with Gasteiger partial charge in [0.15, 0.2) is 9.84 Å². The number of rotatable bonds is 7. The van der Waals surface area contributed by atoms with Gasteiger partial charge in [0.25, 0.3) is 0 Å². The Bertz CT molecular complexity index is 1190. The predicted molar refractivity (Wildman–Crippen MR) is 128 cm³/mol. The lowest BCUT2D eigenvalue weighted by molar-refractivity contribution is -0.0473. The third-order valence-electron chi connectivity index (χ3n) is 7.07. The number of sulfone groups is 1. The molecule has 1 saturated heterocycles. The lowest BCUT2D eigenvalue weighted by Crippen LogP contribution is -2.49.